The number of amides is 1. The SMILES string of the molecule is Bc1nnc(SCC(=O)NC(Cc2ccccc2)C(=O)O)n1-c1ccc(C2CC2)c2ccccc12. The Hall–Kier alpha value is -3.59. The summed E-state index contributed by atoms with van der Waals surface area (Å²) in [4.78, 5) is 24.4. The number of thioether (sulfide) groups is 1. The average molecular weight is 484 g/mol. The van der Waals surface area contributed by atoms with E-state index in [9.17, 15) is 14.7 Å². The van der Waals surface area contributed by atoms with Crippen LogP contribution in [-0.2, 0) is 16.0 Å². The van der Waals surface area contributed by atoms with E-state index in [4.69, 9.17) is 0 Å². The highest BCUT2D eigenvalue weighted by Gasteiger charge is 2.26. The van der Waals surface area contributed by atoms with E-state index in [0.717, 1.165) is 22.4 Å². The smallest absolute Gasteiger partial charge is 0.326 e. The molecule has 1 unspecified atom stereocenters. The molecule has 1 aromatic heterocycles. The van der Waals surface area contributed by atoms with Crippen molar-refractivity contribution in [2.24, 2.45) is 0 Å². The average Bonchev–Trinajstić information content (AvgIpc) is 3.64. The van der Waals surface area contributed by atoms with E-state index in [1.165, 1.54) is 35.6 Å². The molecule has 0 bridgehead atoms. The van der Waals surface area contributed by atoms with Crippen LogP contribution in [0.15, 0.2) is 71.9 Å². The molecule has 1 aliphatic carbocycles. The summed E-state index contributed by atoms with van der Waals surface area (Å²) in [5.74, 6) is -0.756. The number of nitrogens with zero attached hydrogens (tertiary/aromatic N) is 3. The summed E-state index contributed by atoms with van der Waals surface area (Å²) >= 11 is 1.25. The van der Waals surface area contributed by atoms with Crippen LogP contribution in [0.5, 0.6) is 0 Å². The van der Waals surface area contributed by atoms with E-state index in [2.05, 4.69) is 45.8 Å². The number of fused-ring (bicyclic) bond motifs is 1. The standard InChI is InChI=1S/C26H25BN4O3S/c27-25-29-30-26(35-15-23(32)28-21(24(33)34)14-16-6-2-1-3-7-16)31(25)22-13-12-18(17-10-11-17)19-8-4-5-9-20(19)22/h1-9,12-13,17,21H,10-11,14-15,27H2,(H,28,32)(H,33,34). The number of hydrogen-bond donors (Lipinski definition) is 2. The second-order valence-corrected chi connectivity index (χ2v) is 9.74. The molecule has 0 aliphatic heterocycles. The van der Waals surface area contributed by atoms with Crippen molar-refractivity contribution >= 4 is 48.0 Å². The van der Waals surface area contributed by atoms with Crippen LogP contribution in [0, 0.1) is 0 Å². The molecule has 1 atom stereocenters. The third-order valence-electron chi connectivity index (χ3n) is 6.24. The predicted octanol–water partition coefficient (Wildman–Crippen LogP) is 2.46. The number of aliphatic carboxylic acids is 1. The molecule has 0 radical (unpaired) electrons. The fourth-order valence-corrected chi connectivity index (χ4v) is 5.18. The number of carboxylic acid groups (broad SMARTS) is 1. The number of aromatic nitrogens is 3. The molecule has 5 rings (SSSR count). The number of benzene rings is 3. The molecule has 0 saturated heterocycles. The Balaban J connectivity index is 1.34. The molecule has 1 fully saturated rings. The summed E-state index contributed by atoms with van der Waals surface area (Å²) in [7, 11) is 1.89. The van der Waals surface area contributed by atoms with Gasteiger partial charge in [0.25, 0.3) is 0 Å². The van der Waals surface area contributed by atoms with Crippen molar-refractivity contribution in [2.45, 2.75) is 36.4 Å². The summed E-state index contributed by atoms with van der Waals surface area (Å²) in [6.07, 6.45) is 2.68. The quantitative estimate of drug-likeness (QED) is 0.280. The van der Waals surface area contributed by atoms with Crippen LogP contribution in [-0.4, -0.2) is 51.4 Å². The summed E-state index contributed by atoms with van der Waals surface area (Å²) in [6, 6.07) is 20.9. The molecular weight excluding hydrogens is 459 g/mol. The molecule has 35 heavy (non-hydrogen) atoms. The number of carboxylic acids is 1. The lowest BCUT2D eigenvalue weighted by Crippen LogP contribution is -2.43. The van der Waals surface area contributed by atoms with E-state index < -0.39 is 12.0 Å². The van der Waals surface area contributed by atoms with Crippen LogP contribution in [0.25, 0.3) is 16.5 Å². The van der Waals surface area contributed by atoms with Crippen molar-refractivity contribution in [3.8, 4) is 5.69 Å². The second kappa shape index (κ2) is 9.96. The van der Waals surface area contributed by atoms with Crippen LogP contribution in [0.1, 0.15) is 29.9 Å². The maximum absolute atomic E-state index is 12.7. The van der Waals surface area contributed by atoms with Crippen LogP contribution < -0.4 is 11.0 Å². The molecule has 4 aromatic rings. The van der Waals surface area contributed by atoms with Gasteiger partial charge in [0, 0.05) is 11.8 Å². The van der Waals surface area contributed by atoms with Gasteiger partial charge < -0.3 is 10.4 Å². The Kier molecular flexibility index (Phi) is 6.59. The van der Waals surface area contributed by atoms with Gasteiger partial charge in [-0.25, -0.2) is 4.79 Å². The topological polar surface area (TPSA) is 97.1 Å². The molecular formula is C26H25BN4O3S. The van der Waals surface area contributed by atoms with E-state index in [1.54, 1.807) is 0 Å². The highest BCUT2D eigenvalue weighted by atomic mass is 32.2. The van der Waals surface area contributed by atoms with Gasteiger partial charge in [-0.15, -0.1) is 10.2 Å². The van der Waals surface area contributed by atoms with Gasteiger partial charge in [-0.3, -0.25) is 9.36 Å². The molecule has 1 saturated carbocycles. The van der Waals surface area contributed by atoms with Gasteiger partial charge in [-0.2, -0.15) is 0 Å². The van der Waals surface area contributed by atoms with Crippen molar-refractivity contribution in [1.82, 2.24) is 20.1 Å². The van der Waals surface area contributed by atoms with Crippen LogP contribution in [0.3, 0.4) is 0 Å². The molecule has 1 amide bonds. The summed E-state index contributed by atoms with van der Waals surface area (Å²) < 4.78 is 1.97. The molecule has 1 heterocycles. The zero-order valence-electron chi connectivity index (χ0n) is 19.3. The lowest BCUT2D eigenvalue weighted by Gasteiger charge is -2.16. The van der Waals surface area contributed by atoms with Gasteiger partial charge in [0.05, 0.1) is 17.2 Å². The molecule has 2 N–H and O–H groups in total. The van der Waals surface area contributed by atoms with Crippen molar-refractivity contribution in [2.75, 3.05) is 5.75 Å². The van der Waals surface area contributed by atoms with Gasteiger partial charge in [-0.1, -0.05) is 72.4 Å². The number of carbonyl (C=O) groups excluding carboxylic acids is 1. The Morgan fingerprint density at radius 2 is 1.74 bits per heavy atom. The molecule has 9 heteroatoms. The maximum atomic E-state index is 12.7. The van der Waals surface area contributed by atoms with Crippen molar-refractivity contribution in [3.63, 3.8) is 0 Å². The Morgan fingerprint density at radius 3 is 2.46 bits per heavy atom. The molecule has 0 spiro atoms. The first-order chi connectivity index (χ1) is 17.0. The zero-order chi connectivity index (χ0) is 24.4. The van der Waals surface area contributed by atoms with Crippen LogP contribution >= 0.6 is 11.8 Å². The lowest BCUT2D eigenvalue weighted by molar-refractivity contribution is -0.141. The number of carbonyl (C=O) groups is 2. The third kappa shape index (κ3) is 5.10. The third-order valence-corrected chi connectivity index (χ3v) is 7.17. The first-order valence-electron chi connectivity index (χ1n) is 11.6. The minimum atomic E-state index is -1.06. The van der Waals surface area contributed by atoms with Crippen LogP contribution in [0.4, 0.5) is 0 Å². The number of hydrogen-bond acceptors (Lipinski definition) is 5. The van der Waals surface area contributed by atoms with Crippen molar-refractivity contribution in [3.05, 3.63) is 77.9 Å². The maximum Gasteiger partial charge on any atom is 0.326 e. The molecule has 3 aromatic carbocycles. The van der Waals surface area contributed by atoms with E-state index in [-0.39, 0.29) is 18.1 Å². The summed E-state index contributed by atoms with van der Waals surface area (Å²) in [6.45, 7) is 0. The summed E-state index contributed by atoms with van der Waals surface area (Å²) in [5, 5.41) is 23.7. The number of nitrogens with one attached hydrogen (secondary N) is 1. The fraction of sp³-hybridized carbons (Fsp3) is 0.231. The second-order valence-electron chi connectivity index (χ2n) is 8.80. The van der Waals surface area contributed by atoms with Crippen molar-refractivity contribution in [1.29, 1.82) is 0 Å². The normalized spacial score (nSPS) is 14.1. The highest BCUT2D eigenvalue weighted by molar-refractivity contribution is 7.99. The van der Waals surface area contributed by atoms with Gasteiger partial charge in [-0.05, 0) is 41.3 Å². The summed E-state index contributed by atoms with van der Waals surface area (Å²) in [5.41, 5.74) is 3.93. The van der Waals surface area contributed by atoms with Gasteiger partial charge in [0.1, 0.15) is 6.04 Å². The highest BCUT2D eigenvalue weighted by Crippen LogP contribution is 2.44. The predicted molar refractivity (Wildman–Crippen MR) is 139 cm³/mol. The van der Waals surface area contributed by atoms with Crippen molar-refractivity contribution < 1.29 is 14.7 Å². The number of rotatable bonds is 9. The van der Waals surface area contributed by atoms with Gasteiger partial charge in [0.15, 0.2) is 13.0 Å². The van der Waals surface area contributed by atoms with Gasteiger partial charge >= 0.3 is 5.97 Å². The molecule has 7 nitrogen and oxygen atoms in total. The Bertz CT molecular complexity index is 1390. The van der Waals surface area contributed by atoms with E-state index in [1.807, 2.05) is 48.8 Å². The van der Waals surface area contributed by atoms with Gasteiger partial charge in [0.2, 0.25) is 5.91 Å². The zero-order valence-corrected chi connectivity index (χ0v) is 20.2. The molecule has 176 valence electrons. The van der Waals surface area contributed by atoms with Crippen LogP contribution in [0.2, 0.25) is 0 Å². The lowest BCUT2D eigenvalue weighted by atomic mass is 9.99. The van der Waals surface area contributed by atoms with E-state index >= 15 is 0 Å². The Labute approximate surface area is 208 Å². The first-order valence-corrected chi connectivity index (χ1v) is 12.6. The minimum Gasteiger partial charge on any atom is -0.480 e. The molecule has 1 aliphatic rings. The monoisotopic (exact) mass is 484 g/mol. The Morgan fingerprint density at radius 1 is 1.03 bits per heavy atom. The van der Waals surface area contributed by atoms with E-state index in [0.29, 0.717) is 11.1 Å². The first kappa shape index (κ1) is 23.2. The minimum absolute atomic E-state index is 0.0365. The fourth-order valence-electron chi connectivity index (χ4n) is 4.38. The largest absolute Gasteiger partial charge is 0.480 e.